The summed E-state index contributed by atoms with van der Waals surface area (Å²) in [6.07, 6.45) is 5.82. The monoisotopic (exact) mass is 300 g/mol. The van der Waals surface area contributed by atoms with E-state index in [4.69, 9.17) is 9.47 Å². The quantitative estimate of drug-likeness (QED) is 0.402. The highest BCUT2D eigenvalue weighted by Crippen LogP contribution is 2.09. The topological polar surface area (TPSA) is 52.6 Å². The van der Waals surface area contributed by atoms with Crippen molar-refractivity contribution in [1.29, 1.82) is 0 Å². The molecule has 0 radical (unpaired) electrons. The Morgan fingerprint density at radius 3 is 1.33 bits per heavy atom. The van der Waals surface area contributed by atoms with E-state index in [0.717, 1.165) is 32.1 Å². The second kappa shape index (κ2) is 12.7. The van der Waals surface area contributed by atoms with Gasteiger partial charge < -0.3 is 9.47 Å². The first-order valence-electron chi connectivity index (χ1n) is 8.23. The highest BCUT2D eigenvalue weighted by atomic mass is 16.5. The maximum Gasteiger partial charge on any atom is 0.305 e. The lowest BCUT2D eigenvalue weighted by Gasteiger charge is -2.07. The van der Waals surface area contributed by atoms with E-state index in [2.05, 4.69) is 0 Å². The Morgan fingerprint density at radius 1 is 0.667 bits per heavy atom. The van der Waals surface area contributed by atoms with Crippen LogP contribution in [0.1, 0.15) is 72.6 Å². The molecule has 0 aliphatic heterocycles. The zero-order valence-electron chi connectivity index (χ0n) is 14.2. The number of carbonyl (C=O) groups is 2. The molecular weight excluding hydrogens is 268 g/mol. The second-order valence-corrected chi connectivity index (χ2v) is 6.42. The van der Waals surface area contributed by atoms with Crippen LogP contribution in [-0.2, 0) is 19.1 Å². The molecule has 0 saturated carbocycles. The van der Waals surface area contributed by atoms with Crippen molar-refractivity contribution in [2.24, 2.45) is 11.8 Å². The Hall–Kier alpha value is -1.06. The van der Waals surface area contributed by atoms with Gasteiger partial charge in [-0.3, -0.25) is 9.59 Å². The molecule has 21 heavy (non-hydrogen) atoms. The van der Waals surface area contributed by atoms with Crippen molar-refractivity contribution in [1.82, 2.24) is 0 Å². The minimum absolute atomic E-state index is 0.0963. The normalized spacial score (nSPS) is 11.0. The first-order valence-corrected chi connectivity index (χ1v) is 8.23. The fourth-order valence-corrected chi connectivity index (χ4v) is 1.73. The zero-order valence-corrected chi connectivity index (χ0v) is 14.2. The van der Waals surface area contributed by atoms with Crippen LogP contribution in [0.2, 0.25) is 0 Å². The Kier molecular flexibility index (Phi) is 12.0. The van der Waals surface area contributed by atoms with Crippen LogP contribution in [0.25, 0.3) is 0 Å². The summed E-state index contributed by atoms with van der Waals surface area (Å²) in [7, 11) is 0. The lowest BCUT2D eigenvalue weighted by atomic mass is 10.1. The van der Waals surface area contributed by atoms with E-state index < -0.39 is 0 Å². The molecule has 0 N–H and O–H groups in total. The Balaban J connectivity index is 3.32. The molecule has 0 saturated heterocycles. The molecule has 0 aliphatic carbocycles. The Labute approximate surface area is 129 Å². The summed E-state index contributed by atoms with van der Waals surface area (Å²) in [5.74, 6) is 0.593. The number of unbranched alkanes of at least 4 members (excludes halogenated alkanes) is 4. The van der Waals surface area contributed by atoms with Gasteiger partial charge in [-0.15, -0.1) is 0 Å². The molecule has 0 fully saturated rings. The summed E-state index contributed by atoms with van der Waals surface area (Å²) in [6, 6.07) is 0. The van der Waals surface area contributed by atoms with Crippen LogP contribution < -0.4 is 0 Å². The first-order chi connectivity index (χ1) is 9.91. The number of hydrogen-bond donors (Lipinski definition) is 0. The first kappa shape index (κ1) is 19.9. The van der Waals surface area contributed by atoms with E-state index >= 15 is 0 Å². The molecule has 0 atom stereocenters. The molecule has 0 spiro atoms. The van der Waals surface area contributed by atoms with E-state index in [1.807, 2.05) is 27.7 Å². The van der Waals surface area contributed by atoms with E-state index in [1.54, 1.807) is 0 Å². The van der Waals surface area contributed by atoms with Gasteiger partial charge in [-0.1, -0.05) is 47.0 Å². The fraction of sp³-hybridized carbons (Fsp3) is 0.882. The van der Waals surface area contributed by atoms with Gasteiger partial charge in [0.25, 0.3) is 0 Å². The zero-order chi connectivity index (χ0) is 16.1. The largest absolute Gasteiger partial charge is 0.465 e. The van der Waals surface area contributed by atoms with Gasteiger partial charge in [-0.05, 0) is 24.7 Å². The molecule has 0 bridgehead atoms. The fourth-order valence-electron chi connectivity index (χ4n) is 1.73. The van der Waals surface area contributed by atoms with Gasteiger partial charge >= 0.3 is 11.9 Å². The van der Waals surface area contributed by atoms with Crippen molar-refractivity contribution in [3.05, 3.63) is 0 Å². The number of ether oxygens (including phenoxy) is 2. The average molecular weight is 300 g/mol. The van der Waals surface area contributed by atoms with Crippen molar-refractivity contribution in [3.63, 3.8) is 0 Å². The van der Waals surface area contributed by atoms with Crippen LogP contribution in [-0.4, -0.2) is 25.2 Å². The maximum atomic E-state index is 11.4. The maximum absolute atomic E-state index is 11.4. The van der Waals surface area contributed by atoms with E-state index in [0.29, 0.717) is 37.9 Å². The molecule has 0 heterocycles. The van der Waals surface area contributed by atoms with Gasteiger partial charge in [-0.2, -0.15) is 0 Å². The third kappa shape index (κ3) is 15.2. The molecule has 0 unspecified atom stereocenters. The summed E-state index contributed by atoms with van der Waals surface area (Å²) in [5, 5.41) is 0. The molecule has 0 rings (SSSR count). The minimum atomic E-state index is -0.0963. The molecule has 124 valence electrons. The predicted molar refractivity (Wildman–Crippen MR) is 83.9 cm³/mol. The number of rotatable bonds is 12. The van der Waals surface area contributed by atoms with Crippen LogP contribution in [0, 0.1) is 11.8 Å². The smallest absolute Gasteiger partial charge is 0.305 e. The summed E-state index contributed by atoms with van der Waals surface area (Å²) in [6.45, 7) is 9.13. The van der Waals surface area contributed by atoms with Crippen molar-refractivity contribution < 1.29 is 19.1 Å². The minimum Gasteiger partial charge on any atom is -0.465 e. The van der Waals surface area contributed by atoms with E-state index in [9.17, 15) is 9.59 Å². The van der Waals surface area contributed by atoms with Gasteiger partial charge in [0.05, 0.1) is 13.2 Å². The molecule has 4 heteroatoms. The molecule has 0 aromatic carbocycles. The lowest BCUT2D eigenvalue weighted by Crippen LogP contribution is -2.09. The van der Waals surface area contributed by atoms with Crippen LogP contribution >= 0.6 is 0 Å². The van der Waals surface area contributed by atoms with Gasteiger partial charge in [0.1, 0.15) is 0 Å². The highest BCUT2D eigenvalue weighted by Gasteiger charge is 2.05. The van der Waals surface area contributed by atoms with Crippen LogP contribution in [0.15, 0.2) is 0 Å². The molecule has 0 aromatic heterocycles. The molecular formula is C17H32O4. The Bertz CT molecular complexity index is 257. The van der Waals surface area contributed by atoms with Crippen molar-refractivity contribution in [2.75, 3.05) is 13.2 Å². The summed E-state index contributed by atoms with van der Waals surface area (Å²) >= 11 is 0. The van der Waals surface area contributed by atoms with E-state index in [-0.39, 0.29) is 11.9 Å². The van der Waals surface area contributed by atoms with Gasteiger partial charge in [0.15, 0.2) is 0 Å². The predicted octanol–water partition coefficient (Wildman–Crippen LogP) is 4.12. The van der Waals surface area contributed by atoms with Gasteiger partial charge in [0.2, 0.25) is 0 Å². The molecule has 0 aromatic rings. The summed E-state index contributed by atoms with van der Waals surface area (Å²) in [4.78, 5) is 22.7. The summed E-state index contributed by atoms with van der Waals surface area (Å²) in [5.41, 5.74) is 0. The number of esters is 2. The molecule has 4 nitrogen and oxygen atoms in total. The second-order valence-electron chi connectivity index (χ2n) is 6.42. The van der Waals surface area contributed by atoms with Crippen LogP contribution in [0.3, 0.4) is 0 Å². The number of hydrogen-bond acceptors (Lipinski definition) is 4. The third-order valence-electron chi connectivity index (χ3n) is 2.92. The average Bonchev–Trinajstić information content (AvgIpc) is 2.41. The van der Waals surface area contributed by atoms with Gasteiger partial charge in [-0.25, -0.2) is 0 Å². The standard InChI is InChI=1S/C17H32O4/c1-14(2)12-20-16(18)10-8-6-5-7-9-11-17(19)21-13-15(3)4/h14-15H,5-13H2,1-4H3. The molecule has 0 amide bonds. The van der Waals surface area contributed by atoms with Crippen molar-refractivity contribution >= 4 is 11.9 Å². The lowest BCUT2D eigenvalue weighted by molar-refractivity contribution is -0.145. The van der Waals surface area contributed by atoms with Crippen LogP contribution in [0.5, 0.6) is 0 Å². The van der Waals surface area contributed by atoms with Crippen LogP contribution in [0.4, 0.5) is 0 Å². The van der Waals surface area contributed by atoms with Gasteiger partial charge in [0, 0.05) is 12.8 Å². The SMILES string of the molecule is CC(C)COC(=O)CCCCCCCC(=O)OCC(C)C. The van der Waals surface area contributed by atoms with Crippen molar-refractivity contribution in [3.8, 4) is 0 Å². The number of carbonyl (C=O) groups excluding carboxylic acids is 2. The van der Waals surface area contributed by atoms with Crippen molar-refractivity contribution in [2.45, 2.75) is 72.6 Å². The van der Waals surface area contributed by atoms with E-state index in [1.165, 1.54) is 0 Å². The molecule has 0 aliphatic rings. The highest BCUT2D eigenvalue weighted by molar-refractivity contribution is 5.69. The Morgan fingerprint density at radius 2 is 1.00 bits per heavy atom. The third-order valence-corrected chi connectivity index (χ3v) is 2.92. The summed E-state index contributed by atoms with van der Waals surface area (Å²) < 4.78 is 10.2.